The Kier molecular flexibility index (Phi) is 4.11. The zero-order chi connectivity index (χ0) is 20.0. The van der Waals surface area contributed by atoms with Gasteiger partial charge in [-0.25, -0.2) is 9.18 Å². The van der Waals surface area contributed by atoms with Crippen molar-refractivity contribution in [3.8, 4) is 11.1 Å². The van der Waals surface area contributed by atoms with Crippen LogP contribution in [0.25, 0.3) is 22.8 Å². The van der Waals surface area contributed by atoms with Crippen LogP contribution < -0.4 is 5.32 Å². The number of benzene rings is 2. The summed E-state index contributed by atoms with van der Waals surface area (Å²) in [6, 6.07) is 11.6. The number of carboxylic acids is 1. The van der Waals surface area contributed by atoms with E-state index in [1.807, 2.05) is 6.07 Å². The van der Waals surface area contributed by atoms with Gasteiger partial charge in [0.2, 0.25) is 0 Å². The zero-order valence-electron chi connectivity index (χ0n) is 15.3. The van der Waals surface area contributed by atoms with E-state index in [9.17, 15) is 19.1 Å². The Morgan fingerprint density at radius 3 is 2.57 bits per heavy atom. The van der Waals surface area contributed by atoms with Crippen LogP contribution in [0, 0.1) is 19.7 Å². The fourth-order valence-corrected chi connectivity index (χ4v) is 3.67. The lowest BCUT2D eigenvalue weighted by atomic mass is 9.94. The predicted octanol–water partition coefficient (Wildman–Crippen LogP) is 4.63. The van der Waals surface area contributed by atoms with E-state index in [2.05, 4.69) is 10.3 Å². The number of carboxylic acid groups (broad SMARTS) is 1. The third-order valence-corrected chi connectivity index (χ3v) is 4.94. The standard InChI is InChI=1S/C22H17FN2O3/c1-11-18(24-12(2)19(11)22(27)28)10-16-20-15(13-5-3-6-14(23)9-13)7-4-8-17(20)25-21(16)26/h3-10,24H,1-2H3,(H,25,26)(H,27,28)/b16-10-. The second-order valence-corrected chi connectivity index (χ2v) is 6.72. The number of rotatable bonds is 3. The Labute approximate surface area is 160 Å². The summed E-state index contributed by atoms with van der Waals surface area (Å²) in [6.45, 7) is 3.38. The Morgan fingerprint density at radius 2 is 1.89 bits per heavy atom. The normalized spacial score (nSPS) is 14.2. The number of anilines is 1. The van der Waals surface area contributed by atoms with Crippen LogP contribution in [-0.4, -0.2) is 22.0 Å². The summed E-state index contributed by atoms with van der Waals surface area (Å²) in [5.41, 5.74) is 4.92. The molecule has 3 N–H and O–H groups in total. The number of halogens is 1. The van der Waals surface area contributed by atoms with Gasteiger partial charge in [0.05, 0.1) is 11.1 Å². The minimum atomic E-state index is -1.02. The van der Waals surface area contributed by atoms with Crippen LogP contribution in [0.4, 0.5) is 10.1 Å². The molecule has 4 rings (SSSR count). The van der Waals surface area contributed by atoms with E-state index in [-0.39, 0.29) is 17.3 Å². The molecule has 2 aromatic carbocycles. The maximum absolute atomic E-state index is 13.7. The van der Waals surface area contributed by atoms with Gasteiger partial charge in [-0.2, -0.15) is 0 Å². The molecule has 0 radical (unpaired) electrons. The lowest BCUT2D eigenvalue weighted by Crippen LogP contribution is -2.03. The fraction of sp³-hybridized carbons (Fsp3) is 0.0909. The van der Waals surface area contributed by atoms with Crippen LogP contribution in [0.3, 0.4) is 0 Å². The molecule has 0 aliphatic carbocycles. The average Bonchev–Trinajstić information content (AvgIpc) is 3.11. The van der Waals surface area contributed by atoms with Crippen molar-refractivity contribution in [1.82, 2.24) is 4.98 Å². The molecule has 0 spiro atoms. The fourth-order valence-electron chi connectivity index (χ4n) is 3.67. The molecule has 2 heterocycles. The monoisotopic (exact) mass is 376 g/mol. The summed E-state index contributed by atoms with van der Waals surface area (Å²) in [4.78, 5) is 27.2. The van der Waals surface area contributed by atoms with E-state index in [4.69, 9.17) is 0 Å². The number of fused-ring (bicyclic) bond motifs is 1. The predicted molar refractivity (Wildman–Crippen MR) is 106 cm³/mol. The number of carbonyl (C=O) groups excluding carboxylic acids is 1. The third-order valence-electron chi connectivity index (χ3n) is 4.94. The molecule has 3 aromatic rings. The molecule has 1 aliphatic rings. The Balaban J connectivity index is 1.92. The van der Waals surface area contributed by atoms with E-state index in [1.54, 1.807) is 44.2 Å². The van der Waals surface area contributed by atoms with Gasteiger partial charge < -0.3 is 15.4 Å². The third kappa shape index (κ3) is 2.79. The summed E-state index contributed by atoms with van der Waals surface area (Å²) in [5, 5.41) is 12.2. The molecule has 1 amide bonds. The van der Waals surface area contributed by atoms with Gasteiger partial charge in [0.1, 0.15) is 5.82 Å². The van der Waals surface area contributed by atoms with Gasteiger partial charge >= 0.3 is 5.97 Å². The number of H-pyrrole nitrogens is 1. The first-order valence-electron chi connectivity index (χ1n) is 8.71. The number of nitrogens with one attached hydrogen (secondary N) is 2. The molecule has 140 valence electrons. The van der Waals surface area contributed by atoms with E-state index >= 15 is 0 Å². The first-order chi connectivity index (χ1) is 13.4. The molecule has 6 heteroatoms. The molecule has 0 saturated carbocycles. The average molecular weight is 376 g/mol. The van der Waals surface area contributed by atoms with Crippen LogP contribution in [0.5, 0.6) is 0 Å². The van der Waals surface area contributed by atoms with Crippen LogP contribution in [0.1, 0.15) is 32.9 Å². The number of aromatic amines is 1. The highest BCUT2D eigenvalue weighted by Gasteiger charge is 2.28. The molecule has 5 nitrogen and oxygen atoms in total. The lowest BCUT2D eigenvalue weighted by Gasteiger charge is -2.09. The number of hydrogen-bond acceptors (Lipinski definition) is 2. The van der Waals surface area contributed by atoms with Crippen molar-refractivity contribution in [1.29, 1.82) is 0 Å². The highest BCUT2D eigenvalue weighted by atomic mass is 19.1. The summed E-state index contributed by atoms with van der Waals surface area (Å²) >= 11 is 0. The second-order valence-electron chi connectivity index (χ2n) is 6.72. The van der Waals surface area contributed by atoms with Crippen molar-refractivity contribution in [2.45, 2.75) is 13.8 Å². The smallest absolute Gasteiger partial charge is 0.337 e. The van der Waals surface area contributed by atoms with Crippen LogP contribution in [-0.2, 0) is 4.79 Å². The van der Waals surface area contributed by atoms with Gasteiger partial charge in [0.25, 0.3) is 5.91 Å². The van der Waals surface area contributed by atoms with Crippen LogP contribution in [0.15, 0.2) is 42.5 Å². The number of carbonyl (C=O) groups is 2. The molecular formula is C22H17FN2O3. The van der Waals surface area contributed by atoms with Crippen LogP contribution >= 0.6 is 0 Å². The first-order valence-corrected chi connectivity index (χ1v) is 8.71. The summed E-state index contributed by atoms with van der Waals surface area (Å²) in [6.07, 6.45) is 1.65. The van der Waals surface area contributed by atoms with E-state index in [0.29, 0.717) is 39.3 Å². The minimum Gasteiger partial charge on any atom is -0.478 e. The molecule has 0 unspecified atom stereocenters. The van der Waals surface area contributed by atoms with Gasteiger partial charge in [0, 0.05) is 22.6 Å². The van der Waals surface area contributed by atoms with Crippen molar-refractivity contribution in [3.63, 3.8) is 0 Å². The van der Waals surface area contributed by atoms with E-state index in [1.165, 1.54) is 12.1 Å². The molecule has 28 heavy (non-hydrogen) atoms. The van der Waals surface area contributed by atoms with Crippen molar-refractivity contribution < 1.29 is 19.1 Å². The van der Waals surface area contributed by atoms with Crippen molar-refractivity contribution in [3.05, 3.63) is 76.4 Å². The van der Waals surface area contributed by atoms with Gasteiger partial charge in [-0.1, -0.05) is 24.3 Å². The van der Waals surface area contributed by atoms with Crippen molar-refractivity contribution in [2.75, 3.05) is 5.32 Å². The highest BCUT2D eigenvalue weighted by molar-refractivity contribution is 6.36. The highest BCUT2D eigenvalue weighted by Crippen LogP contribution is 2.40. The maximum Gasteiger partial charge on any atom is 0.337 e. The number of hydrogen-bond donors (Lipinski definition) is 3. The van der Waals surface area contributed by atoms with Gasteiger partial charge in [-0.3, -0.25) is 4.79 Å². The zero-order valence-corrected chi connectivity index (χ0v) is 15.3. The largest absolute Gasteiger partial charge is 0.478 e. The Morgan fingerprint density at radius 1 is 1.14 bits per heavy atom. The van der Waals surface area contributed by atoms with E-state index < -0.39 is 5.97 Å². The van der Waals surface area contributed by atoms with Gasteiger partial charge in [-0.05, 0) is 54.8 Å². The van der Waals surface area contributed by atoms with Crippen LogP contribution in [0.2, 0.25) is 0 Å². The maximum atomic E-state index is 13.7. The molecular weight excluding hydrogens is 359 g/mol. The molecule has 1 aromatic heterocycles. The lowest BCUT2D eigenvalue weighted by molar-refractivity contribution is -0.110. The Bertz CT molecular complexity index is 1170. The summed E-state index contributed by atoms with van der Waals surface area (Å²) in [5.74, 6) is -1.67. The number of amides is 1. The molecule has 0 atom stereocenters. The number of aromatic nitrogens is 1. The molecule has 0 saturated heterocycles. The van der Waals surface area contributed by atoms with Crippen molar-refractivity contribution in [2.24, 2.45) is 0 Å². The SMILES string of the molecule is Cc1[nH]c(/C=C2\C(=O)Nc3cccc(-c4cccc(F)c4)c32)c(C)c1C(=O)O. The number of aromatic carboxylic acids is 1. The molecule has 1 aliphatic heterocycles. The molecule has 0 fully saturated rings. The number of aryl methyl sites for hydroxylation is 1. The second kappa shape index (κ2) is 6.49. The summed E-state index contributed by atoms with van der Waals surface area (Å²) in [7, 11) is 0. The summed E-state index contributed by atoms with van der Waals surface area (Å²) < 4.78 is 13.7. The van der Waals surface area contributed by atoms with E-state index in [0.717, 1.165) is 5.56 Å². The molecule has 0 bridgehead atoms. The van der Waals surface area contributed by atoms with Gasteiger partial charge in [-0.15, -0.1) is 0 Å². The Hall–Kier alpha value is -3.67. The minimum absolute atomic E-state index is 0.198. The van der Waals surface area contributed by atoms with Crippen molar-refractivity contribution >= 4 is 29.2 Å². The first kappa shape index (κ1) is 17.7. The topological polar surface area (TPSA) is 82.2 Å². The quantitative estimate of drug-likeness (QED) is 0.583. The van der Waals surface area contributed by atoms with Gasteiger partial charge in [0.15, 0.2) is 0 Å².